The average molecular weight is 269 g/mol. The molecular weight excluding hydrogens is 256 g/mol. The van der Waals surface area contributed by atoms with Crippen LogP contribution in [0.15, 0.2) is 23.1 Å². The van der Waals surface area contributed by atoms with Gasteiger partial charge in [-0.15, -0.1) is 18.2 Å². The minimum atomic E-state index is -0.260. The van der Waals surface area contributed by atoms with Crippen molar-refractivity contribution in [1.82, 2.24) is 5.32 Å². The number of terminal acetylenes is 1. The van der Waals surface area contributed by atoms with Gasteiger partial charge in [0.25, 0.3) is 0 Å². The maximum Gasteiger partial charge on any atom is 0.233 e. The largest absolute Gasteiger partial charge is 0.399 e. The van der Waals surface area contributed by atoms with Crippen LogP contribution >= 0.6 is 23.4 Å². The summed E-state index contributed by atoms with van der Waals surface area (Å²) in [5, 5.41) is 2.91. The number of anilines is 1. The molecule has 1 atom stereocenters. The molecule has 17 heavy (non-hydrogen) atoms. The molecule has 1 amide bonds. The van der Waals surface area contributed by atoms with Crippen LogP contribution in [0.4, 0.5) is 5.69 Å². The number of rotatable bonds is 4. The van der Waals surface area contributed by atoms with Crippen molar-refractivity contribution in [3.63, 3.8) is 0 Å². The minimum Gasteiger partial charge on any atom is -0.399 e. The Balaban J connectivity index is 2.65. The Morgan fingerprint density at radius 1 is 1.71 bits per heavy atom. The minimum absolute atomic E-state index is 0.110. The first-order valence-electron chi connectivity index (χ1n) is 4.97. The molecule has 0 spiro atoms. The Labute approximate surface area is 110 Å². The van der Waals surface area contributed by atoms with Crippen LogP contribution < -0.4 is 11.1 Å². The van der Waals surface area contributed by atoms with Crippen LogP contribution in [0.2, 0.25) is 5.02 Å². The fourth-order valence-electron chi connectivity index (χ4n) is 1.14. The van der Waals surface area contributed by atoms with E-state index in [1.165, 1.54) is 11.8 Å². The molecule has 0 saturated carbocycles. The van der Waals surface area contributed by atoms with Crippen molar-refractivity contribution < 1.29 is 4.79 Å². The number of amides is 1. The maximum absolute atomic E-state index is 11.6. The van der Waals surface area contributed by atoms with Crippen molar-refractivity contribution in [2.75, 3.05) is 12.3 Å². The number of hydrogen-bond donors (Lipinski definition) is 2. The summed E-state index contributed by atoms with van der Waals surface area (Å²) in [6, 6.07) is 5.21. The lowest BCUT2D eigenvalue weighted by Gasteiger charge is -2.11. The van der Waals surface area contributed by atoms with Gasteiger partial charge in [0.2, 0.25) is 5.91 Å². The third-order valence-corrected chi connectivity index (χ3v) is 3.60. The lowest BCUT2D eigenvalue weighted by atomic mass is 10.3. The lowest BCUT2D eigenvalue weighted by Crippen LogP contribution is -2.31. The van der Waals surface area contributed by atoms with Crippen LogP contribution in [0.1, 0.15) is 6.92 Å². The fourth-order valence-corrected chi connectivity index (χ4v) is 2.35. The molecule has 0 bridgehead atoms. The van der Waals surface area contributed by atoms with Gasteiger partial charge in [0, 0.05) is 10.6 Å². The van der Waals surface area contributed by atoms with Gasteiger partial charge in [0.15, 0.2) is 0 Å². The van der Waals surface area contributed by atoms with Crippen LogP contribution in [0, 0.1) is 12.3 Å². The van der Waals surface area contributed by atoms with Gasteiger partial charge in [-0.3, -0.25) is 4.79 Å². The van der Waals surface area contributed by atoms with Gasteiger partial charge in [-0.2, -0.15) is 0 Å². The number of halogens is 1. The summed E-state index contributed by atoms with van der Waals surface area (Å²) in [5.74, 6) is 2.24. The van der Waals surface area contributed by atoms with E-state index in [0.717, 1.165) is 4.90 Å². The van der Waals surface area contributed by atoms with Gasteiger partial charge in [-0.1, -0.05) is 17.5 Å². The molecule has 3 nitrogen and oxygen atoms in total. The highest BCUT2D eigenvalue weighted by Crippen LogP contribution is 2.31. The van der Waals surface area contributed by atoms with E-state index in [2.05, 4.69) is 11.2 Å². The molecule has 0 saturated heterocycles. The Bertz CT molecular complexity index is 456. The van der Waals surface area contributed by atoms with Gasteiger partial charge in [0.1, 0.15) is 0 Å². The summed E-state index contributed by atoms with van der Waals surface area (Å²) in [7, 11) is 0. The molecule has 0 heterocycles. The number of carbonyl (C=O) groups is 1. The van der Waals surface area contributed by atoms with E-state index in [4.69, 9.17) is 23.8 Å². The second-order valence-corrected chi connectivity index (χ2v) is 5.16. The quantitative estimate of drug-likeness (QED) is 0.500. The Kier molecular flexibility index (Phi) is 5.20. The number of nitrogens with two attached hydrogens (primary N) is 1. The summed E-state index contributed by atoms with van der Waals surface area (Å²) < 4.78 is 0. The average Bonchev–Trinajstić information content (AvgIpc) is 2.29. The topological polar surface area (TPSA) is 55.1 Å². The van der Waals surface area contributed by atoms with Crippen molar-refractivity contribution in [2.24, 2.45) is 0 Å². The summed E-state index contributed by atoms with van der Waals surface area (Å²) in [6.07, 6.45) is 5.06. The van der Waals surface area contributed by atoms with Crippen molar-refractivity contribution in [1.29, 1.82) is 0 Å². The third-order valence-electron chi connectivity index (χ3n) is 1.99. The molecule has 3 N–H and O–H groups in total. The molecule has 0 fully saturated rings. The van der Waals surface area contributed by atoms with Crippen molar-refractivity contribution >= 4 is 35.0 Å². The molecule has 5 heteroatoms. The van der Waals surface area contributed by atoms with Gasteiger partial charge < -0.3 is 11.1 Å². The molecule has 1 aromatic carbocycles. The highest BCUT2D eigenvalue weighted by atomic mass is 35.5. The molecular formula is C12H13ClN2OS. The number of thioether (sulfide) groups is 1. The van der Waals surface area contributed by atoms with E-state index in [9.17, 15) is 4.79 Å². The van der Waals surface area contributed by atoms with Crippen molar-refractivity contribution in [3.8, 4) is 12.3 Å². The van der Waals surface area contributed by atoms with E-state index < -0.39 is 0 Å². The van der Waals surface area contributed by atoms with Crippen LogP contribution in [0.3, 0.4) is 0 Å². The highest BCUT2D eigenvalue weighted by molar-refractivity contribution is 8.00. The summed E-state index contributed by atoms with van der Waals surface area (Å²) in [6.45, 7) is 2.03. The molecule has 0 radical (unpaired) electrons. The molecule has 0 aliphatic carbocycles. The van der Waals surface area contributed by atoms with E-state index in [1.54, 1.807) is 25.1 Å². The Morgan fingerprint density at radius 3 is 3.00 bits per heavy atom. The first kappa shape index (κ1) is 13.8. The number of nitrogens with one attached hydrogen (secondary N) is 1. The van der Waals surface area contributed by atoms with Crippen LogP contribution in [-0.2, 0) is 4.79 Å². The van der Waals surface area contributed by atoms with E-state index in [1.807, 2.05) is 0 Å². The molecule has 1 aromatic rings. The Hall–Kier alpha value is -1.31. The second-order valence-electron chi connectivity index (χ2n) is 3.37. The predicted molar refractivity (Wildman–Crippen MR) is 73.0 cm³/mol. The predicted octanol–water partition coefficient (Wildman–Crippen LogP) is 2.15. The number of carbonyl (C=O) groups excluding carboxylic acids is 1. The van der Waals surface area contributed by atoms with E-state index >= 15 is 0 Å². The van der Waals surface area contributed by atoms with Crippen LogP contribution in [0.25, 0.3) is 0 Å². The first-order valence-corrected chi connectivity index (χ1v) is 6.23. The van der Waals surface area contributed by atoms with E-state index in [0.29, 0.717) is 10.7 Å². The normalized spacial score (nSPS) is 11.6. The monoisotopic (exact) mass is 268 g/mol. The standard InChI is InChI=1S/C12H13ClN2OS/c1-3-6-15-12(16)8(2)17-11-5-4-9(14)7-10(11)13/h1,4-5,7-8H,6,14H2,2H3,(H,15,16). The number of benzene rings is 1. The number of nitrogen functional groups attached to an aromatic ring is 1. The smallest absolute Gasteiger partial charge is 0.233 e. The Morgan fingerprint density at radius 2 is 2.41 bits per heavy atom. The first-order chi connectivity index (χ1) is 8.04. The van der Waals surface area contributed by atoms with Gasteiger partial charge in [-0.25, -0.2) is 0 Å². The molecule has 0 aromatic heterocycles. The van der Waals surface area contributed by atoms with Gasteiger partial charge in [-0.05, 0) is 25.1 Å². The summed E-state index contributed by atoms with van der Waals surface area (Å²) >= 11 is 7.39. The van der Waals surface area contributed by atoms with Crippen molar-refractivity contribution in [2.45, 2.75) is 17.1 Å². The van der Waals surface area contributed by atoms with Crippen LogP contribution in [-0.4, -0.2) is 17.7 Å². The SMILES string of the molecule is C#CCNC(=O)C(C)Sc1ccc(N)cc1Cl. The van der Waals surface area contributed by atoms with Gasteiger partial charge in [0.05, 0.1) is 16.8 Å². The lowest BCUT2D eigenvalue weighted by molar-refractivity contribution is -0.120. The van der Waals surface area contributed by atoms with Gasteiger partial charge >= 0.3 is 0 Å². The second kappa shape index (κ2) is 6.43. The number of hydrogen-bond acceptors (Lipinski definition) is 3. The molecule has 1 rings (SSSR count). The van der Waals surface area contributed by atoms with E-state index in [-0.39, 0.29) is 17.7 Å². The third kappa shape index (κ3) is 4.22. The zero-order valence-corrected chi connectivity index (χ0v) is 10.9. The molecule has 0 aliphatic heterocycles. The molecule has 90 valence electrons. The summed E-state index contributed by atoms with van der Waals surface area (Å²) in [5.41, 5.74) is 6.19. The van der Waals surface area contributed by atoms with Crippen molar-refractivity contribution in [3.05, 3.63) is 23.2 Å². The fraction of sp³-hybridized carbons (Fsp3) is 0.250. The molecule has 1 unspecified atom stereocenters. The molecule has 0 aliphatic rings. The highest BCUT2D eigenvalue weighted by Gasteiger charge is 2.15. The zero-order chi connectivity index (χ0) is 12.8. The summed E-state index contributed by atoms with van der Waals surface area (Å²) in [4.78, 5) is 12.4. The zero-order valence-electron chi connectivity index (χ0n) is 9.37. The maximum atomic E-state index is 11.6. The van der Waals surface area contributed by atoms with Crippen LogP contribution in [0.5, 0.6) is 0 Å².